The van der Waals surface area contributed by atoms with Crippen LogP contribution in [0.4, 0.5) is 11.5 Å². The van der Waals surface area contributed by atoms with Crippen LogP contribution in [0.5, 0.6) is 0 Å². The van der Waals surface area contributed by atoms with Crippen molar-refractivity contribution in [2.24, 2.45) is 0 Å². The van der Waals surface area contributed by atoms with Gasteiger partial charge in [-0.25, -0.2) is 13.1 Å². The third-order valence-corrected chi connectivity index (χ3v) is 8.42. The van der Waals surface area contributed by atoms with E-state index in [0.29, 0.717) is 12.3 Å². The monoisotopic (exact) mass is 574 g/mol. The normalized spacial score (nSPS) is 22.0. The highest BCUT2D eigenvalue weighted by atomic mass is 32.2. The van der Waals surface area contributed by atoms with Crippen LogP contribution >= 0.6 is 0 Å². The molecular weight excluding hydrogens is 544 g/mol. The summed E-state index contributed by atoms with van der Waals surface area (Å²) in [5.74, 6) is -0.814. The van der Waals surface area contributed by atoms with Gasteiger partial charge in [0.15, 0.2) is 17.7 Å². The number of rotatable bonds is 9. The Balaban J connectivity index is 1.18. The molecule has 212 valence electrons. The average molecular weight is 575 g/mol. The average Bonchev–Trinajstić information content (AvgIpc) is 3.58. The van der Waals surface area contributed by atoms with Gasteiger partial charge in [-0.05, 0) is 55.8 Å². The molecule has 0 spiro atoms. The minimum absolute atomic E-state index is 0.0403. The number of hydrogen-bond donors (Lipinski definition) is 1. The molecule has 3 atom stereocenters. The molecule has 3 aromatic carbocycles. The molecule has 0 bridgehead atoms. The lowest BCUT2D eigenvalue weighted by Gasteiger charge is -2.48. The molecule has 4 aromatic rings. The predicted octanol–water partition coefficient (Wildman–Crippen LogP) is 4.13. The molecule has 2 aliphatic heterocycles. The predicted molar refractivity (Wildman–Crippen MR) is 152 cm³/mol. The van der Waals surface area contributed by atoms with Crippen molar-refractivity contribution in [3.63, 3.8) is 0 Å². The van der Waals surface area contributed by atoms with Crippen LogP contribution in [0.2, 0.25) is 0 Å². The second kappa shape index (κ2) is 10.7. The number of anilines is 2. The molecule has 0 saturated carbocycles. The van der Waals surface area contributed by atoms with Gasteiger partial charge in [0.2, 0.25) is 0 Å². The molecule has 2 unspecified atom stereocenters. The van der Waals surface area contributed by atoms with Gasteiger partial charge in [0.1, 0.15) is 12.1 Å². The fourth-order valence-corrected chi connectivity index (χ4v) is 6.04. The zero-order valence-corrected chi connectivity index (χ0v) is 23.4. The molecule has 41 heavy (non-hydrogen) atoms. The van der Waals surface area contributed by atoms with E-state index in [-0.39, 0.29) is 23.2 Å². The summed E-state index contributed by atoms with van der Waals surface area (Å²) in [5.41, 5.74) is 2.31. The first-order chi connectivity index (χ1) is 19.7. The number of ether oxygens (including phenoxy) is 3. The van der Waals surface area contributed by atoms with E-state index in [1.54, 1.807) is 34.0 Å². The Kier molecular flexibility index (Phi) is 7.12. The van der Waals surface area contributed by atoms with Crippen molar-refractivity contribution in [3.8, 4) is 5.69 Å². The SMILES string of the molecule is CC1(C)OC[C@@H](C2C(OCc3ccccc3)C(=O)N2c2ccc(S(=O)(=O)Nc3ccn(-c4ccccc4)n3)cc2)O1. The van der Waals surface area contributed by atoms with E-state index in [1.165, 1.54) is 12.1 Å². The lowest BCUT2D eigenvalue weighted by Crippen LogP contribution is -2.70. The van der Waals surface area contributed by atoms with Gasteiger partial charge >= 0.3 is 0 Å². The van der Waals surface area contributed by atoms with Crippen molar-refractivity contribution >= 4 is 27.4 Å². The zero-order valence-electron chi connectivity index (χ0n) is 22.6. The number of carbonyl (C=O) groups excluding carboxylic acids is 1. The summed E-state index contributed by atoms with van der Waals surface area (Å²) < 4.78 is 48.2. The zero-order chi connectivity index (χ0) is 28.6. The molecule has 2 saturated heterocycles. The number of nitrogens with one attached hydrogen (secondary N) is 1. The minimum atomic E-state index is -3.92. The molecule has 1 amide bonds. The maximum Gasteiger partial charge on any atom is 0.263 e. The summed E-state index contributed by atoms with van der Waals surface area (Å²) in [6, 6.07) is 26.3. The molecule has 11 heteroatoms. The summed E-state index contributed by atoms with van der Waals surface area (Å²) in [4.78, 5) is 15.0. The van der Waals surface area contributed by atoms with Gasteiger partial charge in [-0.2, -0.15) is 0 Å². The molecule has 2 fully saturated rings. The van der Waals surface area contributed by atoms with Crippen molar-refractivity contribution in [1.82, 2.24) is 9.78 Å². The van der Waals surface area contributed by atoms with E-state index in [9.17, 15) is 13.2 Å². The third kappa shape index (κ3) is 5.62. The summed E-state index contributed by atoms with van der Waals surface area (Å²) >= 11 is 0. The van der Waals surface area contributed by atoms with Crippen LogP contribution in [0, 0.1) is 0 Å². The standard InChI is InChI=1S/C30H30N4O6S/c1-30(2)39-20-25(40-30)27-28(38-19-21-9-5-3-6-10-21)29(35)34(27)23-13-15-24(16-14-23)41(36,37)32-26-17-18-33(31-26)22-11-7-4-8-12-22/h3-18,25,27-28H,19-20H2,1-2H3,(H,31,32)/t25-,27?,28?/m0/s1. The Hall–Kier alpha value is -4.03. The largest absolute Gasteiger partial charge is 0.361 e. The molecule has 10 nitrogen and oxygen atoms in total. The number of β-lactam (4-membered cyclic amide) rings is 1. The number of benzene rings is 3. The number of nitrogens with zero attached hydrogens (tertiary/aromatic N) is 3. The van der Waals surface area contributed by atoms with Crippen molar-refractivity contribution in [2.75, 3.05) is 16.2 Å². The topological polar surface area (TPSA) is 112 Å². The minimum Gasteiger partial charge on any atom is -0.361 e. The highest BCUT2D eigenvalue weighted by Gasteiger charge is 2.56. The molecule has 0 radical (unpaired) electrons. The van der Waals surface area contributed by atoms with Crippen LogP contribution < -0.4 is 9.62 Å². The highest BCUT2D eigenvalue weighted by Crippen LogP contribution is 2.38. The Morgan fingerprint density at radius 1 is 0.951 bits per heavy atom. The van der Waals surface area contributed by atoms with Gasteiger partial charge in [-0.15, -0.1) is 5.10 Å². The smallest absolute Gasteiger partial charge is 0.263 e. The van der Waals surface area contributed by atoms with E-state index >= 15 is 0 Å². The molecule has 6 rings (SSSR count). The Morgan fingerprint density at radius 3 is 2.29 bits per heavy atom. The second-order valence-electron chi connectivity index (χ2n) is 10.4. The van der Waals surface area contributed by atoms with E-state index in [4.69, 9.17) is 14.2 Å². The van der Waals surface area contributed by atoms with Crippen LogP contribution in [0.1, 0.15) is 19.4 Å². The van der Waals surface area contributed by atoms with E-state index in [1.807, 2.05) is 74.5 Å². The number of hydrogen-bond acceptors (Lipinski definition) is 7. The second-order valence-corrected chi connectivity index (χ2v) is 12.0. The van der Waals surface area contributed by atoms with Crippen LogP contribution in [0.25, 0.3) is 5.69 Å². The van der Waals surface area contributed by atoms with Crippen molar-refractivity contribution in [1.29, 1.82) is 0 Å². The first-order valence-corrected chi connectivity index (χ1v) is 14.7. The first kappa shape index (κ1) is 27.2. The molecule has 0 aliphatic carbocycles. The van der Waals surface area contributed by atoms with E-state index < -0.39 is 34.1 Å². The van der Waals surface area contributed by atoms with Gasteiger partial charge in [-0.3, -0.25) is 9.52 Å². The Morgan fingerprint density at radius 2 is 1.63 bits per heavy atom. The van der Waals surface area contributed by atoms with Gasteiger partial charge in [0, 0.05) is 18.0 Å². The summed E-state index contributed by atoms with van der Waals surface area (Å²) in [7, 11) is -3.92. The number of sulfonamides is 1. The van der Waals surface area contributed by atoms with Crippen LogP contribution in [0.3, 0.4) is 0 Å². The third-order valence-electron chi connectivity index (χ3n) is 7.05. The Labute approximate surface area is 238 Å². The van der Waals surface area contributed by atoms with Crippen LogP contribution in [-0.4, -0.2) is 54.7 Å². The summed E-state index contributed by atoms with van der Waals surface area (Å²) in [5, 5.41) is 4.32. The quantitative estimate of drug-likeness (QED) is 0.299. The van der Waals surface area contributed by atoms with E-state index in [2.05, 4.69) is 9.82 Å². The highest BCUT2D eigenvalue weighted by molar-refractivity contribution is 7.92. The van der Waals surface area contributed by atoms with Gasteiger partial charge in [0.25, 0.3) is 15.9 Å². The van der Waals surface area contributed by atoms with Crippen molar-refractivity contribution < 1.29 is 27.4 Å². The molecule has 1 aromatic heterocycles. The number of carbonyl (C=O) groups is 1. The molecule has 3 heterocycles. The van der Waals surface area contributed by atoms with Gasteiger partial charge < -0.3 is 19.1 Å². The number of para-hydroxylation sites is 1. The van der Waals surface area contributed by atoms with Crippen LogP contribution in [-0.2, 0) is 35.6 Å². The summed E-state index contributed by atoms with van der Waals surface area (Å²) in [6.07, 6.45) is 0.550. The van der Waals surface area contributed by atoms with E-state index in [0.717, 1.165) is 11.3 Å². The maximum atomic E-state index is 13.3. The fourth-order valence-electron chi connectivity index (χ4n) is 5.04. The number of aromatic nitrogens is 2. The van der Waals surface area contributed by atoms with Crippen LogP contribution in [0.15, 0.2) is 102 Å². The molecule has 1 N–H and O–H groups in total. The lowest BCUT2D eigenvalue weighted by atomic mass is 9.91. The van der Waals surface area contributed by atoms with Gasteiger partial charge in [0.05, 0.1) is 23.8 Å². The van der Waals surface area contributed by atoms with Crippen molar-refractivity contribution in [2.45, 2.75) is 49.4 Å². The number of amides is 1. The summed E-state index contributed by atoms with van der Waals surface area (Å²) in [6.45, 7) is 4.24. The van der Waals surface area contributed by atoms with Gasteiger partial charge in [-0.1, -0.05) is 48.5 Å². The maximum absolute atomic E-state index is 13.3. The van der Waals surface area contributed by atoms with Crippen molar-refractivity contribution in [3.05, 3.63) is 103 Å². The molecule has 2 aliphatic rings. The lowest BCUT2D eigenvalue weighted by molar-refractivity contribution is -0.164. The Bertz CT molecular complexity index is 1620. The fraction of sp³-hybridized carbons (Fsp3) is 0.267. The molecular formula is C30H30N4O6S. The first-order valence-electron chi connectivity index (χ1n) is 13.2.